The Balaban J connectivity index is 2.88. The van der Waals surface area contributed by atoms with Crippen LogP contribution in [0.25, 0.3) is 0 Å². The lowest BCUT2D eigenvalue weighted by Crippen LogP contribution is -2.23. The van der Waals surface area contributed by atoms with Crippen LogP contribution in [0.1, 0.15) is 12.5 Å². The van der Waals surface area contributed by atoms with Gasteiger partial charge in [-0.25, -0.2) is 4.79 Å². The molecule has 0 aromatic heterocycles. The molecule has 0 amide bonds. The SMILES string of the molecule is CC(Oc1ccc(C#N)cc1N)C(=O)O. The normalized spacial score (nSPS) is 11.5. The molecule has 78 valence electrons. The van der Waals surface area contributed by atoms with Crippen molar-refractivity contribution < 1.29 is 14.6 Å². The molecule has 0 spiro atoms. The Kier molecular flexibility index (Phi) is 3.13. The predicted octanol–water partition coefficient (Wildman–Crippen LogP) is 0.992. The van der Waals surface area contributed by atoms with Crippen molar-refractivity contribution in [2.45, 2.75) is 13.0 Å². The zero-order valence-corrected chi connectivity index (χ0v) is 8.10. The minimum Gasteiger partial charge on any atom is -0.479 e. The Morgan fingerprint density at radius 1 is 1.67 bits per heavy atom. The van der Waals surface area contributed by atoms with Gasteiger partial charge in [-0.3, -0.25) is 0 Å². The van der Waals surface area contributed by atoms with Gasteiger partial charge in [-0.2, -0.15) is 5.26 Å². The summed E-state index contributed by atoms with van der Waals surface area (Å²) in [4.78, 5) is 10.5. The smallest absolute Gasteiger partial charge is 0.344 e. The van der Waals surface area contributed by atoms with E-state index in [4.69, 9.17) is 20.8 Å². The first-order valence-electron chi connectivity index (χ1n) is 4.23. The zero-order valence-electron chi connectivity index (χ0n) is 8.10. The topological polar surface area (TPSA) is 96.3 Å². The summed E-state index contributed by atoms with van der Waals surface area (Å²) in [5, 5.41) is 17.2. The minimum absolute atomic E-state index is 0.252. The fourth-order valence-corrected chi connectivity index (χ4v) is 0.966. The number of nitrogens with zero attached hydrogens (tertiary/aromatic N) is 1. The summed E-state index contributed by atoms with van der Waals surface area (Å²) in [6.45, 7) is 1.40. The minimum atomic E-state index is -1.07. The molecule has 5 heteroatoms. The number of nitrogens with two attached hydrogens (primary N) is 1. The molecule has 0 saturated carbocycles. The molecule has 0 aliphatic heterocycles. The number of nitrogen functional groups attached to an aromatic ring is 1. The molecule has 1 unspecified atom stereocenters. The van der Waals surface area contributed by atoms with Gasteiger partial charge in [0.15, 0.2) is 6.10 Å². The number of carboxylic acid groups (broad SMARTS) is 1. The monoisotopic (exact) mass is 206 g/mol. The fourth-order valence-electron chi connectivity index (χ4n) is 0.966. The molecular formula is C10H10N2O3. The Bertz CT molecular complexity index is 423. The number of aliphatic carboxylic acids is 1. The highest BCUT2D eigenvalue weighted by atomic mass is 16.5. The van der Waals surface area contributed by atoms with E-state index in [9.17, 15) is 4.79 Å². The molecule has 0 fully saturated rings. The van der Waals surface area contributed by atoms with Crippen molar-refractivity contribution in [3.05, 3.63) is 23.8 Å². The average Bonchev–Trinajstić information content (AvgIpc) is 2.20. The Morgan fingerprint density at radius 2 is 2.33 bits per heavy atom. The second-order valence-electron chi connectivity index (χ2n) is 2.96. The lowest BCUT2D eigenvalue weighted by Gasteiger charge is -2.12. The standard InChI is InChI=1S/C10H10N2O3/c1-6(10(13)14)15-9-3-2-7(5-11)4-8(9)12/h2-4,6H,12H2,1H3,(H,13,14). The molecule has 0 bridgehead atoms. The van der Waals surface area contributed by atoms with Crippen LogP contribution in [0.5, 0.6) is 5.75 Å². The van der Waals surface area contributed by atoms with Gasteiger partial charge in [0.05, 0.1) is 17.3 Å². The van der Waals surface area contributed by atoms with Crippen LogP contribution in [0.3, 0.4) is 0 Å². The predicted molar refractivity (Wildman–Crippen MR) is 53.3 cm³/mol. The number of anilines is 1. The summed E-state index contributed by atoms with van der Waals surface area (Å²) in [6.07, 6.45) is -0.972. The van der Waals surface area contributed by atoms with Crippen LogP contribution in [0.4, 0.5) is 5.69 Å². The lowest BCUT2D eigenvalue weighted by atomic mass is 10.2. The number of rotatable bonds is 3. The van der Waals surface area contributed by atoms with Gasteiger partial charge in [0.1, 0.15) is 5.75 Å². The number of nitriles is 1. The van der Waals surface area contributed by atoms with Crippen LogP contribution in [0, 0.1) is 11.3 Å². The number of carboxylic acids is 1. The number of hydrogen-bond donors (Lipinski definition) is 2. The molecule has 1 aromatic rings. The van der Waals surface area contributed by atoms with E-state index in [2.05, 4.69) is 0 Å². The number of ether oxygens (including phenoxy) is 1. The lowest BCUT2D eigenvalue weighted by molar-refractivity contribution is -0.144. The van der Waals surface area contributed by atoms with E-state index < -0.39 is 12.1 Å². The summed E-state index contributed by atoms with van der Waals surface area (Å²) in [7, 11) is 0. The molecule has 3 N–H and O–H groups in total. The molecule has 1 rings (SSSR count). The van der Waals surface area contributed by atoms with Gasteiger partial charge in [-0.15, -0.1) is 0 Å². The van der Waals surface area contributed by atoms with Gasteiger partial charge in [0.2, 0.25) is 0 Å². The first-order valence-corrected chi connectivity index (χ1v) is 4.23. The molecule has 0 aliphatic carbocycles. The number of hydrogen-bond acceptors (Lipinski definition) is 4. The van der Waals surface area contributed by atoms with Gasteiger partial charge in [-0.05, 0) is 25.1 Å². The summed E-state index contributed by atoms with van der Waals surface area (Å²) < 4.78 is 5.07. The van der Waals surface area contributed by atoms with Gasteiger partial charge >= 0.3 is 5.97 Å². The fraction of sp³-hybridized carbons (Fsp3) is 0.200. The van der Waals surface area contributed by atoms with Crippen molar-refractivity contribution >= 4 is 11.7 Å². The van der Waals surface area contributed by atoms with Crippen molar-refractivity contribution in [2.75, 3.05) is 5.73 Å². The van der Waals surface area contributed by atoms with Crippen LogP contribution < -0.4 is 10.5 Å². The van der Waals surface area contributed by atoms with Gasteiger partial charge < -0.3 is 15.6 Å². The van der Waals surface area contributed by atoms with E-state index in [1.54, 1.807) is 0 Å². The Hall–Kier alpha value is -2.22. The second kappa shape index (κ2) is 4.33. The summed E-state index contributed by atoms with van der Waals surface area (Å²) in [5.41, 5.74) is 6.23. The van der Waals surface area contributed by atoms with Gasteiger partial charge in [-0.1, -0.05) is 0 Å². The Labute approximate surface area is 86.7 Å². The highest BCUT2D eigenvalue weighted by Crippen LogP contribution is 2.23. The van der Waals surface area contributed by atoms with Crippen LogP contribution >= 0.6 is 0 Å². The summed E-state index contributed by atoms with van der Waals surface area (Å²) in [6, 6.07) is 6.35. The van der Waals surface area contributed by atoms with E-state index >= 15 is 0 Å². The van der Waals surface area contributed by atoms with Crippen molar-refractivity contribution in [1.29, 1.82) is 5.26 Å². The Morgan fingerprint density at radius 3 is 2.80 bits per heavy atom. The van der Waals surface area contributed by atoms with E-state index in [1.165, 1.54) is 25.1 Å². The molecule has 0 radical (unpaired) electrons. The van der Waals surface area contributed by atoms with E-state index in [0.29, 0.717) is 5.56 Å². The highest BCUT2D eigenvalue weighted by Gasteiger charge is 2.13. The largest absolute Gasteiger partial charge is 0.479 e. The van der Waals surface area contributed by atoms with Crippen LogP contribution in [-0.2, 0) is 4.79 Å². The maximum Gasteiger partial charge on any atom is 0.344 e. The second-order valence-corrected chi connectivity index (χ2v) is 2.96. The maximum atomic E-state index is 10.5. The van der Waals surface area contributed by atoms with Crippen molar-refractivity contribution in [2.24, 2.45) is 0 Å². The van der Waals surface area contributed by atoms with Crippen LogP contribution in [0.2, 0.25) is 0 Å². The van der Waals surface area contributed by atoms with E-state index in [0.717, 1.165) is 0 Å². The molecule has 1 atom stereocenters. The molecular weight excluding hydrogens is 196 g/mol. The molecule has 15 heavy (non-hydrogen) atoms. The zero-order chi connectivity index (χ0) is 11.4. The van der Waals surface area contributed by atoms with Crippen LogP contribution in [0.15, 0.2) is 18.2 Å². The molecule has 0 saturated heterocycles. The quantitative estimate of drug-likeness (QED) is 0.719. The average molecular weight is 206 g/mol. The number of carbonyl (C=O) groups is 1. The van der Waals surface area contributed by atoms with Crippen molar-refractivity contribution in [1.82, 2.24) is 0 Å². The molecule has 0 heterocycles. The molecule has 5 nitrogen and oxygen atoms in total. The summed E-state index contributed by atoms with van der Waals surface area (Å²) >= 11 is 0. The molecule has 0 aliphatic rings. The summed E-state index contributed by atoms with van der Waals surface area (Å²) in [5.74, 6) is -0.803. The molecule has 1 aromatic carbocycles. The first kappa shape index (κ1) is 10.9. The van der Waals surface area contributed by atoms with Crippen molar-refractivity contribution in [3.63, 3.8) is 0 Å². The van der Waals surface area contributed by atoms with Gasteiger partial charge in [0, 0.05) is 0 Å². The van der Waals surface area contributed by atoms with E-state index in [1.807, 2.05) is 6.07 Å². The van der Waals surface area contributed by atoms with Crippen LogP contribution in [-0.4, -0.2) is 17.2 Å². The third kappa shape index (κ3) is 2.61. The third-order valence-corrected chi connectivity index (χ3v) is 1.79. The van der Waals surface area contributed by atoms with E-state index in [-0.39, 0.29) is 11.4 Å². The van der Waals surface area contributed by atoms with Crippen molar-refractivity contribution in [3.8, 4) is 11.8 Å². The van der Waals surface area contributed by atoms with Gasteiger partial charge in [0.25, 0.3) is 0 Å². The third-order valence-electron chi connectivity index (χ3n) is 1.79. The first-order chi connectivity index (χ1) is 7.04. The highest BCUT2D eigenvalue weighted by molar-refractivity contribution is 5.72. The maximum absolute atomic E-state index is 10.5. The number of benzene rings is 1.